The molecule has 9 nitrogen and oxygen atoms in total. The lowest BCUT2D eigenvalue weighted by Gasteiger charge is -2.25. The van der Waals surface area contributed by atoms with Crippen LogP contribution in [0.5, 0.6) is 11.5 Å². The van der Waals surface area contributed by atoms with Crippen LogP contribution in [0.1, 0.15) is 31.9 Å². The largest absolute Gasteiger partial charge is 0.496 e. The topological polar surface area (TPSA) is 112 Å². The molecule has 0 aliphatic carbocycles. The van der Waals surface area contributed by atoms with Crippen LogP contribution >= 0.6 is 0 Å². The summed E-state index contributed by atoms with van der Waals surface area (Å²) in [7, 11) is 4.29. The van der Waals surface area contributed by atoms with E-state index < -0.39 is 35.7 Å². The van der Waals surface area contributed by atoms with Crippen LogP contribution in [0.4, 0.5) is 4.79 Å². The van der Waals surface area contributed by atoms with E-state index >= 15 is 0 Å². The number of amides is 2. The molecule has 0 spiro atoms. The van der Waals surface area contributed by atoms with Crippen molar-refractivity contribution in [2.75, 3.05) is 21.3 Å². The van der Waals surface area contributed by atoms with Gasteiger partial charge in [0.15, 0.2) is 0 Å². The maximum absolute atomic E-state index is 13.4. The Hall–Kier alpha value is -3.75. The number of rotatable bonds is 10. The Morgan fingerprint density at radius 2 is 1.26 bits per heavy atom. The van der Waals surface area contributed by atoms with Crippen molar-refractivity contribution in [3.8, 4) is 11.5 Å². The zero-order chi connectivity index (χ0) is 26.0. The summed E-state index contributed by atoms with van der Waals surface area (Å²) in [4.78, 5) is 38.4. The van der Waals surface area contributed by atoms with Crippen molar-refractivity contribution >= 4 is 18.0 Å². The van der Waals surface area contributed by atoms with E-state index in [1.54, 1.807) is 57.2 Å². The third kappa shape index (κ3) is 8.51. The van der Waals surface area contributed by atoms with Gasteiger partial charge in [-0.15, -0.1) is 0 Å². The number of benzene rings is 2. The van der Waals surface area contributed by atoms with Crippen molar-refractivity contribution < 1.29 is 33.3 Å². The molecule has 0 bridgehead atoms. The van der Waals surface area contributed by atoms with E-state index in [1.165, 1.54) is 21.3 Å². The number of hydrogen-bond acceptors (Lipinski definition) is 7. The molecular weight excluding hydrogens is 452 g/mol. The average Bonchev–Trinajstić information content (AvgIpc) is 2.82. The smallest absolute Gasteiger partial charge is 0.408 e. The van der Waals surface area contributed by atoms with Gasteiger partial charge in [0.05, 0.1) is 21.3 Å². The molecule has 9 heteroatoms. The molecule has 2 atom stereocenters. The van der Waals surface area contributed by atoms with Crippen molar-refractivity contribution in [2.45, 2.75) is 51.3 Å². The first-order chi connectivity index (χ1) is 16.6. The van der Waals surface area contributed by atoms with Gasteiger partial charge in [-0.05, 0) is 44.0 Å². The van der Waals surface area contributed by atoms with Crippen LogP contribution < -0.4 is 20.1 Å². The second kappa shape index (κ2) is 12.6. The van der Waals surface area contributed by atoms with Gasteiger partial charge in [0.25, 0.3) is 0 Å². The number of para-hydroxylation sites is 2. The van der Waals surface area contributed by atoms with Crippen LogP contribution in [-0.2, 0) is 31.9 Å². The summed E-state index contributed by atoms with van der Waals surface area (Å²) >= 11 is 0. The normalized spacial score (nSPS) is 12.6. The van der Waals surface area contributed by atoms with E-state index in [4.69, 9.17) is 18.9 Å². The molecule has 0 unspecified atom stereocenters. The molecule has 2 aromatic carbocycles. The number of alkyl carbamates (subject to hydrolysis) is 1. The third-order valence-electron chi connectivity index (χ3n) is 5.04. The van der Waals surface area contributed by atoms with Gasteiger partial charge in [0.2, 0.25) is 5.91 Å². The number of nitrogens with one attached hydrogen (secondary N) is 2. The Bertz CT molecular complexity index is 1020. The minimum absolute atomic E-state index is 0.109. The standard InChI is InChI=1S/C26H34N2O7/c1-26(2,3)35-25(31)28-19(15-17-11-7-9-13-21(17)32-4)23(29)27-20(24(30)34-6)16-18-12-8-10-14-22(18)33-5/h7-14,19-20H,15-16H2,1-6H3,(H,27,29)(H,28,31)/t19-,20+/m0/s1. The minimum Gasteiger partial charge on any atom is -0.496 e. The summed E-state index contributed by atoms with van der Waals surface area (Å²) in [6, 6.07) is 12.3. The fraction of sp³-hybridized carbons (Fsp3) is 0.423. The highest BCUT2D eigenvalue weighted by atomic mass is 16.6. The van der Waals surface area contributed by atoms with Gasteiger partial charge < -0.3 is 29.6 Å². The lowest BCUT2D eigenvalue weighted by Crippen LogP contribution is -2.54. The van der Waals surface area contributed by atoms with Crippen LogP contribution in [0.3, 0.4) is 0 Å². The van der Waals surface area contributed by atoms with Crippen molar-refractivity contribution in [1.82, 2.24) is 10.6 Å². The van der Waals surface area contributed by atoms with Gasteiger partial charge in [-0.25, -0.2) is 9.59 Å². The van der Waals surface area contributed by atoms with Gasteiger partial charge in [-0.2, -0.15) is 0 Å². The molecule has 0 heterocycles. The molecule has 0 saturated carbocycles. The van der Waals surface area contributed by atoms with Crippen molar-refractivity contribution in [3.63, 3.8) is 0 Å². The highest BCUT2D eigenvalue weighted by molar-refractivity contribution is 5.90. The predicted octanol–water partition coefficient (Wildman–Crippen LogP) is 3.04. The Morgan fingerprint density at radius 3 is 1.71 bits per heavy atom. The van der Waals surface area contributed by atoms with Gasteiger partial charge in [0.1, 0.15) is 29.2 Å². The molecule has 2 amide bonds. The fourth-order valence-electron chi connectivity index (χ4n) is 3.45. The van der Waals surface area contributed by atoms with E-state index in [9.17, 15) is 14.4 Å². The Balaban J connectivity index is 2.30. The number of hydrogen-bond donors (Lipinski definition) is 2. The molecule has 0 saturated heterocycles. The van der Waals surface area contributed by atoms with Crippen molar-refractivity contribution in [1.29, 1.82) is 0 Å². The molecule has 35 heavy (non-hydrogen) atoms. The molecule has 2 rings (SSSR count). The monoisotopic (exact) mass is 486 g/mol. The number of methoxy groups -OCH3 is 3. The molecule has 0 aliphatic rings. The first kappa shape index (κ1) is 27.5. The van der Waals surface area contributed by atoms with Gasteiger partial charge >= 0.3 is 12.1 Å². The molecule has 2 aromatic rings. The average molecular weight is 487 g/mol. The summed E-state index contributed by atoms with van der Waals surface area (Å²) < 4.78 is 21.0. The number of ether oxygens (including phenoxy) is 4. The Morgan fingerprint density at radius 1 is 0.771 bits per heavy atom. The second-order valence-corrected chi connectivity index (χ2v) is 8.82. The number of esters is 1. The summed E-state index contributed by atoms with van der Waals surface area (Å²) in [5.74, 6) is -0.0624. The quantitative estimate of drug-likeness (QED) is 0.497. The zero-order valence-corrected chi connectivity index (χ0v) is 21.0. The molecule has 0 aromatic heterocycles. The Kier molecular flexibility index (Phi) is 9.93. The van der Waals surface area contributed by atoms with Crippen LogP contribution in [0, 0.1) is 0 Å². The van der Waals surface area contributed by atoms with Crippen LogP contribution in [0.15, 0.2) is 48.5 Å². The molecule has 0 radical (unpaired) electrons. The zero-order valence-electron chi connectivity index (χ0n) is 21.0. The lowest BCUT2D eigenvalue weighted by molar-refractivity contribution is -0.145. The summed E-state index contributed by atoms with van der Waals surface area (Å²) in [5, 5.41) is 5.33. The molecule has 2 N–H and O–H groups in total. The van der Waals surface area contributed by atoms with Gasteiger partial charge in [0, 0.05) is 12.8 Å². The minimum atomic E-state index is -1.05. The van der Waals surface area contributed by atoms with E-state index in [0.29, 0.717) is 22.6 Å². The molecular formula is C26H34N2O7. The van der Waals surface area contributed by atoms with E-state index in [-0.39, 0.29) is 12.8 Å². The molecule has 0 fully saturated rings. The van der Waals surface area contributed by atoms with Crippen LogP contribution in [0.25, 0.3) is 0 Å². The predicted molar refractivity (Wildman–Crippen MR) is 131 cm³/mol. The third-order valence-corrected chi connectivity index (χ3v) is 5.04. The summed E-state index contributed by atoms with van der Waals surface area (Å²) in [6.07, 6.45) is -0.514. The number of carbonyl (C=O) groups is 3. The summed E-state index contributed by atoms with van der Waals surface area (Å²) in [6.45, 7) is 5.17. The van der Waals surface area contributed by atoms with E-state index in [2.05, 4.69) is 10.6 Å². The maximum Gasteiger partial charge on any atom is 0.408 e. The fourth-order valence-corrected chi connectivity index (χ4v) is 3.45. The van der Waals surface area contributed by atoms with E-state index in [0.717, 1.165) is 0 Å². The summed E-state index contributed by atoms with van der Waals surface area (Å²) in [5.41, 5.74) is 0.658. The Labute approximate surface area is 206 Å². The van der Waals surface area contributed by atoms with Crippen molar-refractivity contribution in [3.05, 3.63) is 59.7 Å². The van der Waals surface area contributed by atoms with Gasteiger partial charge in [-0.1, -0.05) is 36.4 Å². The highest BCUT2D eigenvalue weighted by Gasteiger charge is 2.30. The first-order valence-electron chi connectivity index (χ1n) is 11.2. The second-order valence-electron chi connectivity index (χ2n) is 8.82. The van der Waals surface area contributed by atoms with E-state index in [1.807, 2.05) is 12.1 Å². The van der Waals surface area contributed by atoms with Crippen LogP contribution in [-0.4, -0.2) is 57.0 Å². The first-order valence-corrected chi connectivity index (χ1v) is 11.2. The molecule has 0 aliphatic heterocycles. The lowest BCUT2D eigenvalue weighted by atomic mass is 10.0. The van der Waals surface area contributed by atoms with Crippen LogP contribution in [0.2, 0.25) is 0 Å². The number of carbonyl (C=O) groups excluding carboxylic acids is 3. The molecule has 190 valence electrons. The highest BCUT2D eigenvalue weighted by Crippen LogP contribution is 2.21. The van der Waals surface area contributed by atoms with Crippen molar-refractivity contribution in [2.24, 2.45) is 0 Å². The maximum atomic E-state index is 13.4. The SMILES string of the molecule is COC(=O)[C@@H](Cc1ccccc1OC)NC(=O)[C@H](Cc1ccccc1OC)NC(=O)OC(C)(C)C. The van der Waals surface area contributed by atoms with Gasteiger partial charge in [-0.3, -0.25) is 4.79 Å².